The fraction of sp³-hybridized carbons (Fsp3) is 0.321. The summed E-state index contributed by atoms with van der Waals surface area (Å²) in [7, 11) is 0. The van der Waals surface area contributed by atoms with Gasteiger partial charge in [0.15, 0.2) is 5.52 Å². The second-order valence-corrected chi connectivity index (χ2v) is 9.54. The predicted octanol–water partition coefficient (Wildman–Crippen LogP) is 3.63. The molecule has 8 nitrogen and oxygen atoms in total. The van der Waals surface area contributed by atoms with Crippen LogP contribution in [0.5, 0.6) is 5.75 Å². The number of carbonyl (C=O) groups is 1. The van der Waals surface area contributed by atoms with E-state index >= 15 is 0 Å². The van der Waals surface area contributed by atoms with Crippen LogP contribution in [0.4, 0.5) is 0 Å². The summed E-state index contributed by atoms with van der Waals surface area (Å²) in [5, 5.41) is 27.5. The minimum Gasteiger partial charge on any atom is -0.488 e. The first kappa shape index (κ1) is 25.3. The quantitative estimate of drug-likeness (QED) is 0.243. The maximum atomic E-state index is 12.4. The molecule has 1 amide bonds. The normalized spacial score (nSPS) is 12.4. The first-order valence-corrected chi connectivity index (χ1v) is 12.2. The molecule has 36 heavy (non-hydrogen) atoms. The van der Waals surface area contributed by atoms with Crippen LogP contribution in [0.2, 0.25) is 0 Å². The van der Waals surface area contributed by atoms with Gasteiger partial charge >= 0.3 is 0 Å². The molecule has 4 rings (SSSR count). The summed E-state index contributed by atoms with van der Waals surface area (Å²) in [4.78, 5) is 12.4. The van der Waals surface area contributed by atoms with Gasteiger partial charge in [-0.1, -0.05) is 48.5 Å². The lowest BCUT2D eigenvalue weighted by atomic mass is 9.94. The van der Waals surface area contributed by atoms with Crippen LogP contribution >= 0.6 is 0 Å². The van der Waals surface area contributed by atoms with Crippen molar-refractivity contribution in [1.82, 2.24) is 26.0 Å². The minimum atomic E-state index is -0.667. The Hall–Kier alpha value is -3.75. The van der Waals surface area contributed by atoms with Crippen molar-refractivity contribution in [3.63, 3.8) is 0 Å². The van der Waals surface area contributed by atoms with Gasteiger partial charge in [-0.3, -0.25) is 4.79 Å². The number of carbonyl (C=O) groups excluding carboxylic acids is 1. The van der Waals surface area contributed by atoms with E-state index < -0.39 is 6.10 Å². The Labute approximate surface area is 211 Å². The van der Waals surface area contributed by atoms with E-state index in [-0.39, 0.29) is 18.1 Å². The van der Waals surface area contributed by atoms with Gasteiger partial charge in [-0.2, -0.15) is 15.4 Å². The van der Waals surface area contributed by atoms with E-state index in [2.05, 4.69) is 39.9 Å². The molecule has 8 heteroatoms. The average Bonchev–Trinajstić information content (AvgIpc) is 3.39. The number of nitrogens with one attached hydrogen (secondary N) is 3. The summed E-state index contributed by atoms with van der Waals surface area (Å²) in [6.45, 7) is 5.30. The highest BCUT2D eigenvalue weighted by atomic mass is 16.5. The van der Waals surface area contributed by atoms with Gasteiger partial charge in [-0.25, -0.2) is 0 Å². The number of β-amino-alcohol motifs (C(OH)–C–C–N with tert-alkyl or cyclic N) is 1. The number of aliphatic hydroxyl groups excluding tert-OH is 1. The van der Waals surface area contributed by atoms with E-state index in [1.165, 1.54) is 0 Å². The summed E-state index contributed by atoms with van der Waals surface area (Å²) in [6, 6.07) is 23.1. The molecule has 0 radical (unpaired) electrons. The number of nitrogens with zero attached hydrogens (tertiary/aromatic N) is 2. The highest BCUT2D eigenvalue weighted by molar-refractivity contribution is 5.94. The van der Waals surface area contributed by atoms with E-state index in [0.717, 1.165) is 29.5 Å². The number of fused-ring (bicyclic) bond motifs is 1. The van der Waals surface area contributed by atoms with Crippen molar-refractivity contribution in [3.8, 4) is 5.75 Å². The van der Waals surface area contributed by atoms with Crippen LogP contribution in [0.3, 0.4) is 0 Å². The zero-order valence-electron chi connectivity index (χ0n) is 20.7. The first-order chi connectivity index (χ1) is 17.4. The van der Waals surface area contributed by atoms with Crippen molar-refractivity contribution < 1.29 is 14.6 Å². The molecule has 1 atom stereocenters. The molecule has 0 aliphatic rings. The molecule has 0 aliphatic carbocycles. The number of benzene rings is 3. The number of aromatic amines is 1. The van der Waals surface area contributed by atoms with Gasteiger partial charge in [-0.15, -0.1) is 0 Å². The summed E-state index contributed by atoms with van der Waals surface area (Å²) in [5.74, 6) is 0.514. The largest absolute Gasteiger partial charge is 0.488 e. The molecule has 4 N–H and O–H groups in total. The van der Waals surface area contributed by atoms with Gasteiger partial charge < -0.3 is 20.5 Å². The Morgan fingerprint density at radius 1 is 1.00 bits per heavy atom. The van der Waals surface area contributed by atoms with Crippen LogP contribution in [0.25, 0.3) is 11.0 Å². The van der Waals surface area contributed by atoms with E-state index in [1.807, 2.05) is 72.8 Å². The molecule has 0 bridgehead atoms. The molecule has 1 heterocycles. The SMILES string of the molecule is CC(C)(CCc1ccc(C(=O)NCc2ccccc2)cc1)NCC(O)COc1cccc2n[nH]nc12. The van der Waals surface area contributed by atoms with Crippen molar-refractivity contribution in [2.75, 3.05) is 13.2 Å². The number of hydrogen-bond donors (Lipinski definition) is 4. The lowest BCUT2D eigenvalue weighted by Gasteiger charge is -2.28. The summed E-state index contributed by atoms with van der Waals surface area (Å²) in [5.41, 5.74) is 4.07. The third kappa shape index (κ3) is 7.13. The van der Waals surface area contributed by atoms with E-state index in [9.17, 15) is 9.90 Å². The van der Waals surface area contributed by atoms with Gasteiger partial charge in [0.1, 0.15) is 24.0 Å². The van der Waals surface area contributed by atoms with Gasteiger partial charge in [0.25, 0.3) is 5.91 Å². The zero-order valence-corrected chi connectivity index (χ0v) is 20.7. The van der Waals surface area contributed by atoms with Crippen molar-refractivity contribution in [1.29, 1.82) is 0 Å². The number of ether oxygens (including phenoxy) is 1. The van der Waals surface area contributed by atoms with Crippen LogP contribution in [0.15, 0.2) is 72.8 Å². The van der Waals surface area contributed by atoms with Crippen LogP contribution in [0, 0.1) is 0 Å². The number of amides is 1. The molecular weight excluding hydrogens is 454 g/mol. The van der Waals surface area contributed by atoms with Gasteiger partial charge in [0, 0.05) is 24.2 Å². The Kier molecular flexibility index (Phi) is 8.30. The van der Waals surface area contributed by atoms with Crippen LogP contribution in [0.1, 0.15) is 41.8 Å². The summed E-state index contributed by atoms with van der Waals surface area (Å²) < 4.78 is 5.76. The maximum Gasteiger partial charge on any atom is 0.251 e. The van der Waals surface area contributed by atoms with Crippen LogP contribution < -0.4 is 15.4 Å². The Bertz CT molecular complexity index is 1260. The highest BCUT2D eigenvalue weighted by Crippen LogP contribution is 2.21. The monoisotopic (exact) mass is 487 g/mol. The Morgan fingerprint density at radius 2 is 1.78 bits per heavy atom. The lowest BCUT2D eigenvalue weighted by molar-refractivity contribution is 0.0951. The predicted molar refractivity (Wildman–Crippen MR) is 140 cm³/mol. The smallest absolute Gasteiger partial charge is 0.251 e. The zero-order chi connectivity index (χ0) is 25.4. The van der Waals surface area contributed by atoms with E-state index in [0.29, 0.717) is 29.9 Å². The second-order valence-electron chi connectivity index (χ2n) is 9.54. The molecule has 0 saturated heterocycles. The third-order valence-electron chi connectivity index (χ3n) is 6.11. The number of hydrogen-bond acceptors (Lipinski definition) is 6. The van der Waals surface area contributed by atoms with Crippen LogP contribution in [-0.2, 0) is 13.0 Å². The number of H-pyrrole nitrogens is 1. The molecule has 1 unspecified atom stereocenters. The minimum absolute atomic E-state index is 0.0802. The van der Waals surface area contributed by atoms with Gasteiger partial charge in [0.05, 0.1) is 0 Å². The molecule has 0 saturated carbocycles. The van der Waals surface area contributed by atoms with Crippen LogP contribution in [-0.4, -0.2) is 51.2 Å². The fourth-order valence-corrected chi connectivity index (χ4v) is 3.85. The van der Waals surface area contributed by atoms with Crippen molar-refractivity contribution >= 4 is 16.9 Å². The number of aryl methyl sites for hydroxylation is 1. The van der Waals surface area contributed by atoms with Crippen molar-refractivity contribution in [2.24, 2.45) is 0 Å². The number of para-hydroxylation sites is 1. The van der Waals surface area contributed by atoms with Crippen molar-refractivity contribution in [2.45, 2.75) is 44.9 Å². The molecule has 0 aliphatic heterocycles. The fourth-order valence-electron chi connectivity index (χ4n) is 3.85. The standard InChI is InChI=1S/C28H33N5O3/c1-28(2,30-18-23(34)19-36-25-10-6-9-24-26(25)32-33-31-24)16-15-20-11-13-22(14-12-20)27(35)29-17-21-7-4-3-5-8-21/h3-14,23,30,34H,15-19H2,1-2H3,(H,29,35)(H,31,32,33). The molecule has 1 aromatic heterocycles. The summed E-state index contributed by atoms with van der Waals surface area (Å²) in [6.07, 6.45) is 1.06. The first-order valence-electron chi connectivity index (χ1n) is 12.2. The van der Waals surface area contributed by atoms with Gasteiger partial charge in [-0.05, 0) is 62.1 Å². The summed E-state index contributed by atoms with van der Waals surface area (Å²) >= 11 is 0. The highest BCUT2D eigenvalue weighted by Gasteiger charge is 2.19. The van der Waals surface area contributed by atoms with E-state index in [1.54, 1.807) is 0 Å². The number of aromatic nitrogens is 3. The number of aliphatic hydroxyl groups is 1. The van der Waals surface area contributed by atoms with Crippen molar-refractivity contribution in [3.05, 3.63) is 89.5 Å². The average molecular weight is 488 g/mol. The molecule has 3 aromatic carbocycles. The lowest BCUT2D eigenvalue weighted by Crippen LogP contribution is -2.45. The van der Waals surface area contributed by atoms with E-state index in [4.69, 9.17) is 4.74 Å². The Morgan fingerprint density at radius 3 is 2.56 bits per heavy atom. The second kappa shape index (κ2) is 11.8. The molecule has 4 aromatic rings. The number of rotatable bonds is 12. The molecule has 0 fully saturated rings. The topological polar surface area (TPSA) is 112 Å². The van der Waals surface area contributed by atoms with Gasteiger partial charge in [0.2, 0.25) is 0 Å². The Balaban J connectivity index is 1.19. The molecule has 0 spiro atoms. The third-order valence-corrected chi connectivity index (χ3v) is 6.11. The molecule has 188 valence electrons. The molecular formula is C28H33N5O3. The maximum absolute atomic E-state index is 12.4.